The van der Waals surface area contributed by atoms with Gasteiger partial charge >= 0.3 is 0 Å². The number of amides is 1. The van der Waals surface area contributed by atoms with Crippen molar-refractivity contribution in [2.75, 3.05) is 26.8 Å². The lowest BCUT2D eigenvalue weighted by Gasteiger charge is -2.18. The molecule has 1 heterocycles. The molecule has 2 N–H and O–H groups in total. The molecule has 0 bridgehead atoms. The van der Waals surface area contributed by atoms with Gasteiger partial charge in [0.1, 0.15) is 0 Å². The maximum absolute atomic E-state index is 12.5. The van der Waals surface area contributed by atoms with Gasteiger partial charge in [0.05, 0.1) is 0 Å². The normalized spacial score (nSPS) is 18.3. The van der Waals surface area contributed by atoms with E-state index in [0.717, 1.165) is 36.8 Å². The summed E-state index contributed by atoms with van der Waals surface area (Å²) in [4.78, 5) is 12.5. The van der Waals surface area contributed by atoms with Gasteiger partial charge in [-0.25, -0.2) is 0 Å². The molecule has 2 atom stereocenters. The topological polar surface area (TPSA) is 50.4 Å². The Morgan fingerprint density at radius 2 is 2.35 bits per heavy atom. The van der Waals surface area contributed by atoms with Gasteiger partial charge in [-0.05, 0) is 49.9 Å². The highest BCUT2D eigenvalue weighted by molar-refractivity contribution is 9.10. The van der Waals surface area contributed by atoms with Crippen LogP contribution in [0.1, 0.15) is 24.8 Å². The summed E-state index contributed by atoms with van der Waals surface area (Å²) in [6, 6.07) is 8.58. The van der Waals surface area contributed by atoms with Crippen molar-refractivity contribution < 1.29 is 9.53 Å². The lowest BCUT2D eigenvalue weighted by atomic mass is 9.95. The van der Waals surface area contributed by atoms with Gasteiger partial charge in [-0.1, -0.05) is 28.1 Å². The molecule has 4 nitrogen and oxygen atoms in total. The summed E-state index contributed by atoms with van der Waals surface area (Å²) < 4.78 is 6.21. The minimum absolute atomic E-state index is 0. The van der Waals surface area contributed by atoms with Crippen LogP contribution in [0.5, 0.6) is 0 Å². The lowest BCUT2D eigenvalue weighted by molar-refractivity contribution is -0.125. The zero-order valence-electron chi connectivity index (χ0n) is 13.5. The van der Waals surface area contributed by atoms with Gasteiger partial charge < -0.3 is 15.4 Å². The van der Waals surface area contributed by atoms with Crippen LogP contribution < -0.4 is 10.6 Å². The van der Waals surface area contributed by atoms with Crippen molar-refractivity contribution in [3.05, 3.63) is 34.3 Å². The van der Waals surface area contributed by atoms with Crippen molar-refractivity contribution in [1.29, 1.82) is 0 Å². The third-order valence-electron chi connectivity index (χ3n) is 4.10. The molecule has 130 valence electrons. The minimum atomic E-state index is -0.0457. The van der Waals surface area contributed by atoms with Crippen molar-refractivity contribution >= 4 is 34.2 Å². The van der Waals surface area contributed by atoms with Crippen LogP contribution in [0, 0.1) is 5.92 Å². The van der Waals surface area contributed by atoms with E-state index in [-0.39, 0.29) is 24.2 Å². The van der Waals surface area contributed by atoms with Crippen LogP contribution in [0.15, 0.2) is 28.7 Å². The van der Waals surface area contributed by atoms with Crippen LogP contribution >= 0.6 is 28.3 Å². The first-order valence-corrected chi connectivity index (χ1v) is 8.73. The standard InChI is InChI=1S/C17H25BrN2O2.ClH/c1-22-9-7-14(10-13-4-2-5-15(18)11-13)17(21)20-12-16-6-3-8-19-16;/h2,4-5,11,14,16,19H,3,6-10,12H2,1H3,(H,20,21);1H. The first-order chi connectivity index (χ1) is 10.7. The zero-order valence-corrected chi connectivity index (χ0v) is 15.9. The molecule has 0 radical (unpaired) electrons. The monoisotopic (exact) mass is 404 g/mol. The van der Waals surface area contributed by atoms with Crippen molar-refractivity contribution in [1.82, 2.24) is 10.6 Å². The summed E-state index contributed by atoms with van der Waals surface area (Å²) in [6.45, 7) is 2.39. The van der Waals surface area contributed by atoms with Crippen molar-refractivity contribution in [3.8, 4) is 0 Å². The zero-order chi connectivity index (χ0) is 15.8. The molecule has 1 aliphatic heterocycles. The van der Waals surface area contributed by atoms with Crippen LogP contribution in [-0.2, 0) is 16.0 Å². The Morgan fingerprint density at radius 3 is 3.00 bits per heavy atom. The highest BCUT2D eigenvalue weighted by Crippen LogP contribution is 2.17. The Hall–Kier alpha value is -0.620. The van der Waals surface area contributed by atoms with E-state index in [1.807, 2.05) is 12.1 Å². The molecule has 1 aliphatic rings. The van der Waals surface area contributed by atoms with Crippen molar-refractivity contribution in [2.45, 2.75) is 31.7 Å². The Labute approximate surface area is 153 Å². The number of ether oxygens (including phenoxy) is 1. The van der Waals surface area contributed by atoms with E-state index >= 15 is 0 Å². The van der Waals surface area contributed by atoms with Crippen molar-refractivity contribution in [3.63, 3.8) is 0 Å². The summed E-state index contributed by atoms with van der Waals surface area (Å²) in [7, 11) is 1.68. The van der Waals surface area contributed by atoms with Crippen LogP contribution in [0.4, 0.5) is 0 Å². The predicted octanol–water partition coefficient (Wildman–Crippen LogP) is 2.93. The number of hydrogen-bond donors (Lipinski definition) is 2. The molecule has 2 unspecified atom stereocenters. The third-order valence-corrected chi connectivity index (χ3v) is 4.59. The third kappa shape index (κ3) is 7.21. The fourth-order valence-electron chi connectivity index (χ4n) is 2.83. The maximum atomic E-state index is 12.5. The fraction of sp³-hybridized carbons (Fsp3) is 0.588. The SMILES string of the molecule is COCCC(Cc1cccc(Br)c1)C(=O)NCC1CCCN1.Cl. The average molecular weight is 406 g/mol. The van der Waals surface area contributed by atoms with E-state index < -0.39 is 0 Å². The second kappa shape index (κ2) is 11.0. The summed E-state index contributed by atoms with van der Waals surface area (Å²) in [5.74, 6) is 0.0846. The summed E-state index contributed by atoms with van der Waals surface area (Å²) in [6.07, 6.45) is 3.83. The second-order valence-electron chi connectivity index (χ2n) is 5.85. The van der Waals surface area contributed by atoms with Crippen molar-refractivity contribution in [2.24, 2.45) is 5.92 Å². The molecule has 0 aromatic heterocycles. The van der Waals surface area contributed by atoms with Gasteiger partial charge in [0, 0.05) is 36.7 Å². The summed E-state index contributed by atoms with van der Waals surface area (Å²) in [5, 5.41) is 6.51. The van der Waals surface area contributed by atoms with E-state index in [1.54, 1.807) is 7.11 Å². The molecule has 1 aromatic rings. The Balaban J connectivity index is 0.00000264. The average Bonchev–Trinajstić information content (AvgIpc) is 3.02. The van der Waals surface area contributed by atoms with E-state index in [9.17, 15) is 4.79 Å². The number of nitrogens with one attached hydrogen (secondary N) is 2. The molecular formula is C17H26BrClN2O2. The number of benzene rings is 1. The number of halogens is 2. The van der Waals surface area contributed by atoms with Crippen LogP contribution in [0.25, 0.3) is 0 Å². The minimum Gasteiger partial charge on any atom is -0.385 e. The number of carbonyl (C=O) groups excluding carboxylic acids is 1. The molecule has 1 fully saturated rings. The Bertz CT molecular complexity index is 481. The van der Waals surface area contributed by atoms with Gasteiger partial charge in [-0.2, -0.15) is 0 Å². The van der Waals surface area contributed by atoms with Crippen LogP contribution in [-0.4, -0.2) is 38.8 Å². The lowest BCUT2D eigenvalue weighted by Crippen LogP contribution is -2.40. The fourth-order valence-corrected chi connectivity index (χ4v) is 3.28. The van der Waals surface area contributed by atoms with E-state index in [4.69, 9.17) is 4.74 Å². The van der Waals surface area contributed by atoms with E-state index in [0.29, 0.717) is 12.6 Å². The Morgan fingerprint density at radius 1 is 1.52 bits per heavy atom. The van der Waals surface area contributed by atoms with Crippen LogP contribution in [0.2, 0.25) is 0 Å². The number of methoxy groups -OCH3 is 1. The molecule has 0 aliphatic carbocycles. The van der Waals surface area contributed by atoms with Gasteiger partial charge in [0.25, 0.3) is 0 Å². The number of hydrogen-bond acceptors (Lipinski definition) is 3. The summed E-state index contributed by atoms with van der Waals surface area (Å²) >= 11 is 3.48. The molecule has 1 amide bonds. The molecule has 23 heavy (non-hydrogen) atoms. The second-order valence-corrected chi connectivity index (χ2v) is 6.77. The number of carbonyl (C=O) groups is 1. The molecular weight excluding hydrogens is 380 g/mol. The molecule has 1 saturated heterocycles. The Kier molecular flexibility index (Phi) is 9.79. The van der Waals surface area contributed by atoms with Gasteiger partial charge in [-0.15, -0.1) is 12.4 Å². The highest BCUT2D eigenvalue weighted by atomic mass is 79.9. The smallest absolute Gasteiger partial charge is 0.223 e. The quantitative estimate of drug-likeness (QED) is 0.699. The van der Waals surface area contributed by atoms with Gasteiger partial charge in [0.15, 0.2) is 0 Å². The highest BCUT2D eigenvalue weighted by Gasteiger charge is 2.21. The van der Waals surface area contributed by atoms with E-state index in [1.165, 1.54) is 12.0 Å². The molecule has 2 rings (SSSR count). The first-order valence-electron chi connectivity index (χ1n) is 7.93. The molecule has 1 aromatic carbocycles. The predicted molar refractivity (Wildman–Crippen MR) is 99.1 cm³/mol. The molecule has 0 saturated carbocycles. The van der Waals surface area contributed by atoms with E-state index in [2.05, 4.69) is 38.7 Å². The molecule has 0 spiro atoms. The van der Waals surface area contributed by atoms with Gasteiger partial charge in [0.2, 0.25) is 5.91 Å². The first kappa shape index (κ1) is 20.4. The largest absolute Gasteiger partial charge is 0.385 e. The summed E-state index contributed by atoms with van der Waals surface area (Å²) in [5.41, 5.74) is 1.17. The van der Waals surface area contributed by atoms with Crippen LogP contribution in [0.3, 0.4) is 0 Å². The number of rotatable bonds is 8. The molecule has 6 heteroatoms. The van der Waals surface area contributed by atoms with Gasteiger partial charge in [-0.3, -0.25) is 4.79 Å². The maximum Gasteiger partial charge on any atom is 0.223 e.